The molecule has 0 saturated heterocycles. The van der Waals surface area contributed by atoms with Gasteiger partial charge in [-0.3, -0.25) is 4.79 Å². The van der Waals surface area contributed by atoms with Gasteiger partial charge in [-0.15, -0.1) is 0 Å². The third kappa shape index (κ3) is 4.19. The van der Waals surface area contributed by atoms with Crippen molar-refractivity contribution in [1.29, 1.82) is 0 Å². The maximum Gasteiger partial charge on any atom is 0.338 e. The first kappa shape index (κ1) is 18.5. The Kier molecular flexibility index (Phi) is 5.12. The van der Waals surface area contributed by atoms with Crippen molar-refractivity contribution >= 4 is 28.5 Å². The number of fused-ring (bicyclic) bond motifs is 1. The molecule has 3 aromatic carbocycles. The van der Waals surface area contributed by atoms with Crippen molar-refractivity contribution in [3.8, 4) is 5.69 Å². The predicted molar refractivity (Wildman–Crippen MR) is 113 cm³/mol. The summed E-state index contributed by atoms with van der Waals surface area (Å²) in [4.78, 5) is 23.6. The summed E-state index contributed by atoms with van der Waals surface area (Å²) in [6.45, 7) is 1.59. The van der Waals surface area contributed by atoms with Crippen LogP contribution >= 0.6 is 0 Å². The van der Waals surface area contributed by atoms with Crippen LogP contribution in [0.25, 0.3) is 16.6 Å². The molecule has 0 aliphatic carbocycles. The molecule has 5 heteroatoms. The third-order valence-corrected chi connectivity index (χ3v) is 4.60. The summed E-state index contributed by atoms with van der Waals surface area (Å²) < 4.78 is 7.50. The molecule has 0 atom stereocenters. The van der Waals surface area contributed by atoms with Crippen molar-refractivity contribution in [2.45, 2.75) is 13.5 Å². The Labute approximate surface area is 168 Å². The number of amides is 1. The minimum atomic E-state index is -0.390. The molecule has 0 unspecified atom stereocenters. The van der Waals surface area contributed by atoms with Crippen LogP contribution in [0.15, 0.2) is 85.1 Å². The average Bonchev–Trinajstić information content (AvgIpc) is 3.16. The first-order valence-electron chi connectivity index (χ1n) is 9.30. The molecule has 1 heterocycles. The summed E-state index contributed by atoms with van der Waals surface area (Å²) in [5.74, 6) is -0.534. The standard InChI is InChI=1S/C24H20N2O3/c1-17(27)25-21-7-4-5-18(15-21)16-29-24(28)20-9-11-22(12-10-20)26-14-13-19-6-2-3-8-23(19)26/h2-15H,16H2,1H3,(H,25,27). The molecule has 0 saturated carbocycles. The lowest BCUT2D eigenvalue weighted by atomic mass is 10.2. The largest absolute Gasteiger partial charge is 0.457 e. The predicted octanol–water partition coefficient (Wildman–Crippen LogP) is 4.95. The Balaban J connectivity index is 1.44. The quantitative estimate of drug-likeness (QED) is 0.496. The van der Waals surface area contributed by atoms with Crippen LogP contribution < -0.4 is 5.32 Å². The highest BCUT2D eigenvalue weighted by molar-refractivity contribution is 5.90. The van der Waals surface area contributed by atoms with Crippen molar-refractivity contribution in [2.24, 2.45) is 0 Å². The zero-order valence-corrected chi connectivity index (χ0v) is 16.0. The molecule has 29 heavy (non-hydrogen) atoms. The minimum Gasteiger partial charge on any atom is -0.457 e. The number of hydrogen-bond donors (Lipinski definition) is 1. The summed E-state index contributed by atoms with van der Waals surface area (Å²) in [6.07, 6.45) is 2.01. The lowest BCUT2D eigenvalue weighted by Gasteiger charge is -2.09. The number of esters is 1. The smallest absolute Gasteiger partial charge is 0.338 e. The Morgan fingerprint density at radius 3 is 2.52 bits per heavy atom. The van der Waals surface area contributed by atoms with Crippen molar-refractivity contribution in [2.75, 3.05) is 5.32 Å². The topological polar surface area (TPSA) is 60.3 Å². The van der Waals surface area contributed by atoms with Crippen LogP contribution in [0.2, 0.25) is 0 Å². The van der Waals surface area contributed by atoms with Gasteiger partial charge in [0, 0.05) is 24.5 Å². The van der Waals surface area contributed by atoms with Crippen molar-refractivity contribution in [1.82, 2.24) is 4.57 Å². The molecule has 1 N–H and O–H groups in total. The van der Waals surface area contributed by atoms with E-state index in [0.717, 1.165) is 22.2 Å². The molecular formula is C24H20N2O3. The first-order valence-corrected chi connectivity index (χ1v) is 9.30. The van der Waals surface area contributed by atoms with Crippen LogP contribution in [0, 0.1) is 0 Å². The molecule has 0 bridgehead atoms. The molecule has 0 radical (unpaired) electrons. The highest BCUT2D eigenvalue weighted by atomic mass is 16.5. The number of hydrogen-bond acceptors (Lipinski definition) is 3. The number of nitrogens with one attached hydrogen (secondary N) is 1. The molecule has 4 rings (SSSR count). The van der Waals surface area contributed by atoms with E-state index in [1.165, 1.54) is 6.92 Å². The van der Waals surface area contributed by atoms with Crippen LogP contribution in [0.4, 0.5) is 5.69 Å². The van der Waals surface area contributed by atoms with Gasteiger partial charge in [0.2, 0.25) is 5.91 Å². The zero-order valence-electron chi connectivity index (χ0n) is 16.0. The van der Waals surface area contributed by atoms with Gasteiger partial charge in [0.15, 0.2) is 0 Å². The molecule has 0 fully saturated rings. The molecular weight excluding hydrogens is 364 g/mol. The fourth-order valence-corrected chi connectivity index (χ4v) is 3.24. The van der Waals surface area contributed by atoms with Crippen molar-refractivity contribution in [3.05, 3.63) is 96.2 Å². The molecule has 0 spiro atoms. The number of benzene rings is 3. The van der Waals surface area contributed by atoms with Gasteiger partial charge >= 0.3 is 5.97 Å². The summed E-state index contributed by atoms with van der Waals surface area (Å²) in [6, 6.07) is 24.8. The number of carbonyl (C=O) groups excluding carboxylic acids is 2. The number of nitrogens with zero attached hydrogens (tertiary/aromatic N) is 1. The van der Waals surface area contributed by atoms with E-state index in [1.807, 2.05) is 42.6 Å². The van der Waals surface area contributed by atoms with Gasteiger partial charge < -0.3 is 14.6 Å². The molecule has 0 aliphatic rings. The molecule has 1 aromatic heterocycles. The lowest BCUT2D eigenvalue weighted by Crippen LogP contribution is -2.07. The van der Waals surface area contributed by atoms with Crippen LogP contribution in [-0.4, -0.2) is 16.4 Å². The monoisotopic (exact) mass is 384 g/mol. The second kappa shape index (κ2) is 8.02. The van der Waals surface area contributed by atoms with Gasteiger partial charge in [0.25, 0.3) is 0 Å². The second-order valence-electron chi connectivity index (χ2n) is 6.75. The minimum absolute atomic E-state index is 0.135. The number of para-hydroxylation sites is 1. The SMILES string of the molecule is CC(=O)Nc1cccc(COC(=O)c2ccc(-n3ccc4ccccc43)cc2)c1. The van der Waals surface area contributed by atoms with Gasteiger partial charge in [-0.1, -0.05) is 30.3 Å². The highest BCUT2D eigenvalue weighted by Gasteiger charge is 2.09. The Morgan fingerprint density at radius 1 is 0.931 bits per heavy atom. The number of anilines is 1. The van der Waals surface area contributed by atoms with E-state index in [1.54, 1.807) is 24.3 Å². The van der Waals surface area contributed by atoms with Gasteiger partial charge in [-0.05, 0) is 59.5 Å². The Hall–Kier alpha value is -3.86. The van der Waals surface area contributed by atoms with E-state index in [2.05, 4.69) is 28.1 Å². The maximum atomic E-state index is 12.4. The Bertz CT molecular complexity index is 1180. The molecule has 144 valence electrons. The van der Waals surface area contributed by atoms with Crippen LogP contribution in [0.5, 0.6) is 0 Å². The van der Waals surface area contributed by atoms with E-state index < -0.39 is 0 Å². The number of rotatable bonds is 5. The van der Waals surface area contributed by atoms with Crippen LogP contribution in [0.3, 0.4) is 0 Å². The first-order chi connectivity index (χ1) is 14.1. The summed E-state index contributed by atoms with van der Waals surface area (Å²) in [7, 11) is 0. The highest BCUT2D eigenvalue weighted by Crippen LogP contribution is 2.21. The average molecular weight is 384 g/mol. The van der Waals surface area contributed by atoms with E-state index >= 15 is 0 Å². The van der Waals surface area contributed by atoms with Gasteiger partial charge in [0.1, 0.15) is 6.61 Å². The maximum absolute atomic E-state index is 12.4. The Morgan fingerprint density at radius 2 is 1.72 bits per heavy atom. The van der Waals surface area contributed by atoms with Gasteiger partial charge in [-0.25, -0.2) is 4.79 Å². The summed E-state index contributed by atoms with van der Waals surface area (Å²) >= 11 is 0. The van der Waals surface area contributed by atoms with Gasteiger partial charge in [0.05, 0.1) is 11.1 Å². The number of ether oxygens (including phenoxy) is 1. The van der Waals surface area contributed by atoms with E-state index in [-0.39, 0.29) is 18.5 Å². The summed E-state index contributed by atoms with van der Waals surface area (Å²) in [5, 5.41) is 3.88. The third-order valence-electron chi connectivity index (χ3n) is 4.60. The number of aromatic nitrogens is 1. The van der Waals surface area contributed by atoms with E-state index in [9.17, 15) is 9.59 Å². The molecule has 0 aliphatic heterocycles. The van der Waals surface area contributed by atoms with Crippen LogP contribution in [-0.2, 0) is 16.1 Å². The lowest BCUT2D eigenvalue weighted by molar-refractivity contribution is -0.114. The molecule has 4 aromatic rings. The zero-order chi connectivity index (χ0) is 20.2. The summed E-state index contributed by atoms with van der Waals surface area (Å²) in [5.41, 5.74) is 4.06. The van der Waals surface area contributed by atoms with Gasteiger partial charge in [-0.2, -0.15) is 0 Å². The fourth-order valence-electron chi connectivity index (χ4n) is 3.24. The fraction of sp³-hybridized carbons (Fsp3) is 0.0833. The van der Waals surface area contributed by atoms with E-state index in [4.69, 9.17) is 4.74 Å². The molecule has 5 nitrogen and oxygen atoms in total. The van der Waals surface area contributed by atoms with Crippen LogP contribution in [0.1, 0.15) is 22.8 Å². The van der Waals surface area contributed by atoms with Crippen molar-refractivity contribution < 1.29 is 14.3 Å². The normalized spacial score (nSPS) is 10.7. The second-order valence-corrected chi connectivity index (χ2v) is 6.75. The van der Waals surface area contributed by atoms with Crippen molar-refractivity contribution in [3.63, 3.8) is 0 Å². The van der Waals surface area contributed by atoms with E-state index in [0.29, 0.717) is 11.3 Å². The number of carbonyl (C=O) groups is 2. The molecule has 1 amide bonds.